The molecule has 1 saturated carbocycles. The Morgan fingerprint density at radius 2 is 1.95 bits per heavy atom. The van der Waals surface area contributed by atoms with E-state index in [0.29, 0.717) is 18.8 Å². The van der Waals surface area contributed by atoms with Crippen LogP contribution in [0.3, 0.4) is 0 Å². The zero-order valence-corrected chi connectivity index (χ0v) is 12.2. The van der Waals surface area contributed by atoms with Crippen molar-refractivity contribution in [2.75, 3.05) is 6.54 Å². The lowest BCUT2D eigenvalue weighted by molar-refractivity contribution is -0.151. The normalized spacial score (nSPS) is 33.6. The smallest absolute Gasteiger partial charge is 0.311 e. The third-order valence-corrected chi connectivity index (χ3v) is 4.93. The van der Waals surface area contributed by atoms with E-state index in [-0.39, 0.29) is 18.4 Å². The van der Waals surface area contributed by atoms with Crippen LogP contribution < -0.4 is 5.32 Å². The van der Waals surface area contributed by atoms with Gasteiger partial charge in [0.1, 0.15) is 0 Å². The lowest BCUT2D eigenvalue weighted by atomic mass is 9.70. The lowest BCUT2D eigenvalue weighted by Crippen LogP contribution is -2.46. The molecule has 2 aliphatic rings. The number of rotatable bonds is 4. The van der Waals surface area contributed by atoms with Crippen LogP contribution in [0.25, 0.3) is 0 Å². The van der Waals surface area contributed by atoms with Crippen molar-refractivity contribution >= 4 is 11.9 Å². The Hall–Kier alpha value is -1.32. The van der Waals surface area contributed by atoms with Crippen molar-refractivity contribution in [2.24, 2.45) is 17.3 Å². The number of hydrogen-bond donors (Lipinski definition) is 2. The van der Waals surface area contributed by atoms with Gasteiger partial charge in [-0.15, -0.1) is 0 Å². The predicted octanol–water partition coefficient (Wildman–Crippen LogP) is 2.74. The largest absolute Gasteiger partial charge is 0.481 e. The first-order valence-corrected chi connectivity index (χ1v) is 7.69. The van der Waals surface area contributed by atoms with E-state index in [2.05, 4.69) is 18.3 Å². The third-order valence-electron chi connectivity index (χ3n) is 4.93. The highest BCUT2D eigenvalue weighted by molar-refractivity contribution is 5.81. The molecule has 0 bridgehead atoms. The van der Waals surface area contributed by atoms with E-state index in [9.17, 15) is 14.7 Å². The van der Waals surface area contributed by atoms with Crippen LogP contribution in [0.5, 0.6) is 0 Å². The fourth-order valence-electron chi connectivity index (χ4n) is 3.21. The number of carbonyl (C=O) groups is 2. The Balaban J connectivity index is 1.90. The predicted molar refractivity (Wildman–Crippen MR) is 77.2 cm³/mol. The van der Waals surface area contributed by atoms with Gasteiger partial charge in [0.15, 0.2) is 0 Å². The van der Waals surface area contributed by atoms with Gasteiger partial charge in [0.25, 0.3) is 0 Å². The molecule has 2 rings (SSSR count). The molecule has 2 N–H and O–H groups in total. The van der Waals surface area contributed by atoms with Gasteiger partial charge >= 0.3 is 5.97 Å². The van der Waals surface area contributed by atoms with Crippen molar-refractivity contribution in [1.82, 2.24) is 5.32 Å². The molecular weight excluding hydrogens is 254 g/mol. The van der Waals surface area contributed by atoms with Crippen LogP contribution in [0.4, 0.5) is 0 Å². The average Bonchev–Trinajstić information content (AvgIpc) is 2.47. The van der Waals surface area contributed by atoms with Crippen LogP contribution in [0.15, 0.2) is 12.2 Å². The van der Waals surface area contributed by atoms with E-state index in [4.69, 9.17) is 0 Å². The van der Waals surface area contributed by atoms with E-state index in [0.717, 1.165) is 32.1 Å². The van der Waals surface area contributed by atoms with Crippen molar-refractivity contribution in [1.29, 1.82) is 0 Å². The molecule has 0 saturated heterocycles. The Morgan fingerprint density at radius 3 is 2.50 bits per heavy atom. The molecule has 0 spiro atoms. The molecule has 0 aliphatic heterocycles. The maximum absolute atomic E-state index is 12.1. The number of allylic oxidation sites excluding steroid dienone is 2. The topological polar surface area (TPSA) is 66.4 Å². The van der Waals surface area contributed by atoms with Gasteiger partial charge in [0, 0.05) is 12.5 Å². The fraction of sp³-hybridized carbons (Fsp3) is 0.750. The second kappa shape index (κ2) is 6.42. The Kier molecular flexibility index (Phi) is 4.84. The molecule has 112 valence electrons. The molecule has 1 fully saturated rings. The zero-order valence-electron chi connectivity index (χ0n) is 12.2. The van der Waals surface area contributed by atoms with E-state index >= 15 is 0 Å². The summed E-state index contributed by atoms with van der Waals surface area (Å²) < 4.78 is 0. The first-order valence-electron chi connectivity index (χ1n) is 7.69. The molecule has 4 heteroatoms. The van der Waals surface area contributed by atoms with Crippen LogP contribution in [-0.2, 0) is 9.59 Å². The summed E-state index contributed by atoms with van der Waals surface area (Å²) >= 11 is 0. The molecule has 0 aromatic carbocycles. The van der Waals surface area contributed by atoms with E-state index in [1.165, 1.54) is 0 Å². The number of carboxylic acid groups (broad SMARTS) is 1. The van der Waals surface area contributed by atoms with Crippen LogP contribution >= 0.6 is 0 Å². The standard InChI is InChI=1S/C16H25NO3/c1-12-7-9-16(10-8-12,15(19)20)11-17-14(18)13-5-3-2-4-6-13/h2-3,12-13H,4-11H2,1H3,(H,17,18)(H,19,20). The Labute approximate surface area is 120 Å². The molecule has 1 amide bonds. The maximum atomic E-state index is 12.1. The maximum Gasteiger partial charge on any atom is 0.311 e. The van der Waals surface area contributed by atoms with Crippen molar-refractivity contribution in [3.63, 3.8) is 0 Å². The summed E-state index contributed by atoms with van der Waals surface area (Å²) in [7, 11) is 0. The minimum Gasteiger partial charge on any atom is -0.481 e. The van der Waals surface area contributed by atoms with Crippen LogP contribution in [-0.4, -0.2) is 23.5 Å². The second-order valence-electron chi connectivity index (χ2n) is 6.47. The molecule has 0 aromatic heterocycles. The average molecular weight is 279 g/mol. The second-order valence-corrected chi connectivity index (χ2v) is 6.47. The Bertz CT molecular complexity index is 395. The van der Waals surface area contributed by atoms with Gasteiger partial charge in [-0.05, 0) is 50.9 Å². The summed E-state index contributed by atoms with van der Waals surface area (Å²) in [6.45, 7) is 2.45. The van der Waals surface area contributed by atoms with E-state index in [1.807, 2.05) is 6.08 Å². The molecular formula is C16H25NO3. The van der Waals surface area contributed by atoms with Gasteiger partial charge in [-0.2, -0.15) is 0 Å². The quantitative estimate of drug-likeness (QED) is 0.778. The third kappa shape index (κ3) is 3.41. The molecule has 0 aromatic rings. The van der Waals surface area contributed by atoms with Crippen molar-refractivity contribution in [3.05, 3.63) is 12.2 Å². The van der Waals surface area contributed by atoms with Crippen LogP contribution in [0, 0.1) is 17.3 Å². The van der Waals surface area contributed by atoms with Gasteiger partial charge in [0.05, 0.1) is 5.41 Å². The summed E-state index contributed by atoms with van der Waals surface area (Å²) in [6, 6.07) is 0. The molecule has 0 heterocycles. The van der Waals surface area contributed by atoms with Gasteiger partial charge in [0.2, 0.25) is 5.91 Å². The van der Waals surface area contributed by atoms with E-state index < -0.39 is 11.4 Å². The fourth-order valence-corrected chi connectivity index (χ4v) is 3.21. The van der Waals surface area contributed by atoms with Gasteiger partial charge in [-0.1, -0.05) is 19.1 Å². The summed E-state index contributed by atoms with van der Waals surface area (Å²) in [5.74, 6) is -0.114. The number of aliphatic carboxylic acids is 1. The molecule has 1 unspecified atom stereocenters. The summed E-state index contributed by atoms with van der Waals surface area (Å²) in [5.41, 5.74) is -0.743. The van der Waals surface area contributed by atoms with E-state index in [1.54, 1.807) is 0 Å². The SMILES string of the molecule is CC1CCC(CNC(=O)C2CC=CCC2)(C(=O)O)CC1. The van der Waals surface area contributed by atoms with Crippen molar-refractivity contribution < 1.29 is 14.7 Å². The van der Waals surface area contributed by atoms with Crippen LogP contribution in [0.1, 0.15) is 51.9 Å². The summed E-state index contributed by atoms with van der Waals surface area (Å²) in [6.07, 6.45) is 9.97. The van der Waals surface area contributed by atoms with Gasteiger partial charge in [-0.3, -0.25) is 9.59 Å². The number of carbonyl (C=O) groups excluding carboxylic acids is 1. The van der Waals surface area contributed by atoms with Gasteiger partial charge < -0.3 is 10.4 Å². The number of hydrogen-bond acceptors (Lipinski definition) is 2. The Morgan fingerprint density at radius 1 is 1.25 bits per heavy atom. The molecule has 2 aliphatic carbocycles. The molecule has 1 atom stereocenters. The minimum atomic E-state index is -0.756. The summed E-state index contributed by atoms with van der Waals surface area (Å²) in [4.78, 5) is 23.7. The van der Waals surface area contributed by atoms with Crippen molar-refractivity contribution in [2.45, 2.75) is 51.9 Å². The molecule has 4 nitrogen and oxygen atoms in total. The monoisotopic (exact) mass is 279 g/mol. The number of amides is 1. The highest BCUT2D eigenvalue weighted by Gasteiger charge is 2.41. The zero-order chi connectivity index (χ0) is 14.6. The van der Waals surface area contributed by atoms with Crippen molar-refractivity contribution in [3.8, 4) is 0 Å². The highest BCUT2D eigenvalue weighted by atomic mass is 16.4. The highest BCUT2D eigenvalue weighted by Crippen LogP contribution is 2.38. The minimum absolute atomic E-state index is 0.0216. The first kappa shape index (κ1) is 15.1. The summed E-state index contributed by atoms with van der Waals surface area (Å²) in [5, 5.41) is 12.4. The first-order chi connectivity index (χ1) is 9.53. The molecule has 20 heavy (non-hydrogen) atoms. The molecule has 0 radical (unpaired) electrons. The lowest BCUT2D eigenvalue weighted by Gasteiger charge is -2.36. The number of carboxylic acids is 1. The number of nitrogens with one attached hydrogen (secondary N) is 1. The van der Waals surface area contributed by atoms with Gasteiger partial charge in [-0.25, -0.2) is 0 Å². The van der Waals surface area contributed by atoms with Crippen LogP contribution in [0.2, 0.25) is 0 Å².